The third kappa shape index (κ3) is 2.66. The molecule has 1 fully saturated rings. The van der Waals surface area contributed by atoms with Gasteiger partial charge in [0.25, 0.3) is 0 Å². The van der Waals surface area contributed by atoms with Crippen LogP contribution < -0.4 is 0 Å². The van der Waals surface area contributed by atoms with Crippen LogP contribution >= 0.6 is 11.3 Å². The van der Waals surface area contributed by atoms with Gasteiger partial charge in [0.1, 0.15) is 5.69 Å². The molecule has 0 atom stereocenters. The number of nitrogens with zero attached hydrogens (tertiary/aromatic N) is 5. The Hall–Kier alpha value is -1.87. The van der Waals surface area contributed by atoms with Gasteiger partial charge < -0.3 is 9.84 Å². The molecule has 112 valence electrons. The van der Waals surface area contributed by atoms with Crippen LogP contribution in [0.25, 0.3) is 11.5 Å². The molecule has 0 saturated carbocycles. The zero-order chi connectivity index (χ0) is 14.9. The van der Waals surface area contributed by atoms with E-state index in [9.17, 15) is 9.90 Å². The van der Waals surface area contributed by atoms with Crippen molar-refractivity contribution in [2.75, 3.05) is 13.2 Å². The van der Waals surface area contributed by atoms with E-state index in [1.165, 1.54) is 16.0 Å². The molecule has 21 heavy (non-hydrogen) atoms. The largest absolute Gasteiger partial charge is 0.481 e. The van der Waals surface area contributed by atoms with E-state index in [1.807, 2.05) is 12.3 Å². The maximum atomic E-state index is 11.7. The van der Waals surface area contributed by atoms with Crippen molar-refractivity contribution in [1.82, 2.24) is 25.2 Å². The molecule has 0 unspecified atom stereocenters. The summed E-state index contributed by atoms with van der Waals surface area (Å²) in [5.74, 6) is -0.326. The van der Waals surface area contributed by atoms with E-state index < -0.39 is 11.4 Å². The lowest BCUT2D eigenvalue weighted by Crippen LogP contribution is -2.41. The first-order chi connectivity index (χ1) is 10.1. The predicted octanol–water partition coefficient (Wildman–Crippen LogP) is 0.986. The fourth-order valence-corrected chi connectivity index (χ4v) is 3.04. The van der Waals surface area contributed by atoms with E-state index in [-0.39, 0.29) is 6.54 Å². The number of rotatable bonds is 4. The van der Waals surface area contributed by atoms with E-state index in [0.717, 1.165) is 5.01 Å². The highest BCUT2D eigenvalue weighted by Gasteiger charge is 2.41. The number of aromatic nitrogens is 5. The van der Waals surface area contributed by atoms with Crippen LogP contribution in [0.4, 0.5) is 0 Å². The van der Waals surface area contributed by atoms with Crippen LogP contribution in [0, 0.1) is 12.3 Å². The van der Waals surface area contributed by atoms with Crippen LogP contribution in [-0.4, -0.2) is 49.5 Å². The van der Waals surface area contributed by atoms with Crippen LogP contribution in [0.5, 0.6) is 0 Å². The maximum absolute atomic E-state index is 11.7. The zero-order valence-corrected chi connectivity index (χ0v) is 12.3. The summed E-state index contributed by atoms with van der Waals surface area (Å²) in [6.45, 7) is 3.02. The SMILES string of the molecule is Cc1nc(-c2nnnn2CC2(C(=O)O)CCOCC2)cs1. The first-order valence-electron chi connectivity index (χ1n) is 6.60. The van der Waals surface area contributed by atoms with Crippen molar-refractivity contribution in [2.45, 2.75) is 26.3 Å². The Morgan fingerprint density at radius 1 is 1.52 bits per heavy atom. The normalized spacial score (nSPS) is 17.8. The molecule has 1 aliphatic heterocycles. The average Bonchev–Trinajstić information content (AvgIpc) is 3.08. The second-order valence-corrected chi connectivity index (χ2v) is 6.17. The zero-order valence-electron chi connectivity index (χ0n) is 11.5. The van der Waals surface area contributed by atoms with Crippen LogP contribution in [0.2, 0.25) is 0 Å². The lowest BCUT2D eigenvalue weighted by molar-refractivity contribution is -0.156. The van der Waals surface area contributed by atoms with Crippen molar-refractivity contribution >= 4 is 17.3 Å². The van der Waals surface area contributed by atoms with Gasteiger partial charge in [-0.2, -0.15) is 0 Å². The van der Waals surface area contributed by atoms with Gasteiger partial charge in [-0.15, -0.1) is 16.4 Å². The number of ether oxygens (including phenoxy) is 1. The third-order valence-electron chi connectivity index (χ3n) is 3.74. The van der Waals surface area contributed by atoms with Crippen molar-refractivity contribution in [2.24, 2.45) is 5.41 Å². The van der Waals surface area contributed by atoms with Crippen LogP contribution in [0.1, 0.15) is 17.8 Å². The van der Waals surface area contributed by atoms with Gasteiger partial charge >= 0.3 is 5.97 Å². The van der Waals surface area contributed by atoms with Gasteiger partial charge in [-0.25, -0.2) is 9.67 Å². The Kier molecular flexibility index (Phi) is 3.68. The Morgan fingerprint density at radius 3 is 2.90 bits per heavy atom. The van der Waals surface area contributed by atoms with Crippen molar-refractivity contribution < 1.29 is 14.6 Å². The second kappa shape index (κ2) is 5.49. The summed E-state index contributed by atoms with van der Waals surface area (Å²) in [6, 6.07) is 0. The van der Waals surface area contributed by atoms with Gasteiger partial charge in [0.2, 0.25) is 5.82 Å². The molecular weight excluding hydrogens is 294 g/mol. The molecule has 1 N–H and O–H groups in total. The minimum absolute atomic E-state index is 0.227. The van der Waals surface area contributed by atoms with E-state index in [4.69, 9.17) is 4.74 Å². The first kappa shape index (κ1) is 14.1. The summed E-state index contributed by atoms with van der Waals surface area (Å²) >= 11 is 1.51. The second-order valence-electron chi connectivity index (χ2n) is 5.11. The average molecular weight is 309 g/mol. The van der Waals surface area contributed by atoms with E-state index in [0.29, 0.717) is 37.6 Å². The lowest BCUT2D eigenvalue weighted by atomic mass is 9.80. The molecule has 8 nitrogen and oxygen atoms in total. The highest BCUT2D eigenvalue weighted by Crippen LogP contribution is 2.33. The Labute approximate surface area is 124 Å². The highest BCUT2D eigenvalue weighted by molar-refractivity contribution is 7.09. The van der Waals surface area contributed by atoms with Crippen molar-refractivity contribution in [1.29, 1.82) is 0 Å². The number of hydrogen-bond acceptors (Lipinski definition) is 7. The quantitative estimate of drug-likeness (QED) is 0.898. The number of aryl methyl sites for hydroxylation is 1. The minimum atomic E-state index is -0.882. The lowest BCUT2D eigenvalue weighted by Gasteiger charge is -2.32. The minimum Gasteiger partial charge on any atom is -0.481 e. The fourth-order valence-electron chi connectivity index (χ4n) is 2.45. The van der Waals surface area contributed by atoms with Crippen LogP contribution in [-0.2, 0) is 16.1 Å². The molecule has 0 spiro atoms. The number of carbonyl (C=O) groups is 1. The van der Waals surface area contributed by atoms with Gasteiger partial charge in [-0.05, 0) is 30.2 Å². The molecular formula is C12H15N5O3S. The monoisotopic (exact) mass is 309 g/mol. The standard InChI is InChI=1S/C12H15N5O3S/c1-8-13-9(6-21-8)10-14-15-16-17(10)7-12(11(18)19)2-4-20-5-3-12/h6H,2-5,7H2,1H3,(H,18,19). The Morgan fingerprint density at radius 2 is 2.29 bits per heavy atom. The Bertz CT molecular complexity index is 647. The predicted molar refractivity (Wildman–Crippen MR) is 73.8 cm³/mol. The molecule has 9 heteroatoms. The molecule has 1 saturated heterocycles. The number of thiazole rings is 1. The summed E-state index contributed by atoms with van der Waals surface area (Å²) in [6.07, 6.45) is 0.912. The summed E-state index contributed by atoms with van der Waals surface area (Å²) in [5.41, 5.74) is -0.205. The molecule has 0 amide bonds. The molecule has 0 radical (unpaired) electrons. The summed E-state index contributed by atoms with van der Waals surface area (Å²) in [7, 11) is 0. The van der Waals surface area contributed by atoms with Gasteiger partial charge in [0, 0.05) is 18.6 Å². The summed E-state index contributed by atoms with van der Waals surface area (Å²) < 4.78 is 6.81. The molecule has 0 bridgehead atoms. The smallest absolute Gasteiger partial charge is 0.311 e. The molecule has 0 aromatic carbocycles. The molecule has 2 aromatic heterocycles. The van der Waals surface area contributed by atoms with Gasteiger partial charge in [-0.1, -0.05) is 0 Å². The van der Waals surface area contributed by atoms with Crippen molar-refractivity contribution in [3.63, 3.8) is 0 Å². The molecule has 0 aliphatic carbocycles. The highest BCUT2D eigenvalue weighted by atomic mass is 32.1. The number of carboxylic acids is 1. The van der Waals surface area contributed by atoms with Crippen LogP contribution in [0.15, 0.2) is 5.38 Å². The van der Waals surface area contributed by atoms with Crippen molar-refractivity contribution in [3.8, 4) is 11.5 Å². The molecule has 3 heterocycles. The number of tetrazole rings is 1. The first-order valence-corrected chi connectivity index (χ1v) is 7.48. The topological polar surface area (TPSA) is 103 Å². The molecule has 2 aromatic rings. The maximum Gasteiger partial charge on any atom is 0.311 e. The number of aliphatic carboxylic acids is 1. The van der Waals surface area contributed by atoms with Gasteiger partial charge in [-0.3, -0.25) is 4.79 Å². The van der Waals surface area contributed by atoms with E-state index in [2.05, 4.69) is 20.5 Å². The van der Waals surface area contributed by atoms with E-state index in [1.54, 1.807) is 0 Å². The Balaban J connectivity index is 1.91. The molecule has 1 aliphatic rings. The van der Waals surface area contributed by atoms with Crippen LogP contribution in [0.3, 0.4) is 0 Å². The molecule has 3 rings (SSSR count). The van der Waals surface area contributed by atoms with Gasteiger partial charge in [0.05, 0.1) is 17.0 Å². The number of hydrogen-bond donors (Lipinski definition) is 1. The van der Waals surface area contributed by atoms with Crippen molar-refractivity contribution in [3.05, 3.63) is 10.4 Å². The summed E-state index contributed by atoms with van der Waals surface area (Å²) in [5, 5.41) is 24.0. The van der Waals surface area contributed by atoms with Gasteiger partial charge in [0.15, 0.2) is 0 Å². The third-order valence-corrected chi connectivity index (χ3v) is 4.51. The van der Waals surface area contributed by atoms with E-state index >= 15 is 0 Å². The fraction of sp³-hybridized carbons (Fsp3) is 0.583. The number of carboxylic acid groups (broad SMARTS) is 1. The summed E-state index contributed by atoms with van der Waals surface area (Å²) in [4.78, 5) is 16.1.